The summed E-state index contributed by atoms with van der Waals surface area (Å²) in [6, 6.07) is 59.0. The molecule has 0 aliphatic carbocycles. The lowest BCUT2D eigenvalue weighted by atomic mass is 9.80. The molecule has 0 heteroatoms. The number of benzene rings is 9. The van der Waals surface area contributed by atoms with Crippen LogP contribution in [0.1, 0.15) is 38.8 Å². The van der Waals surface area contributed by atoms with Crippen LogP contribution in [-0.2, 0) is 11.8 Å². The fraction of sp³-hybridized carbons (Fsp3) is 0.120. The molecule has 0 aromatic heterocycles. The Morgan fingerprint density at radius 1 is 0.380 bits per heavy atom. The van der Waals surface area contributed by atoms with Crippen molar-refractivity contribution in [3.63, 3.8) is 0 Å². The molecule has 0 aliphatic rings. The largest absolute Gasteiger partial charge is 0.0622 e. The smallest absolute Gasteiger partial charge is 0.00201 e. The lowest BCUT2D eigenvalue weighted by molar-refractivity contribution is 0.591. The SMILES string of the molecule is CCc1c2ccccc2cc2c1ccc1c(-c3c4ccccc4c(-c4cc(-c5ccccc5)cc(C(C)(C)C)c4)c4ccccc34)cccc12. The van der Waals surface area contributed by atoms with E-state index in [0.717, 1.165) is 6.42 Å². The van der Waals surface area contributed by atoms with Gasteiger partial charge in [-0.1, -0.05) is 173 Å². The summed E-state index contributed by atoms with van der Waals surface area (Å²) >= 11 is 0. The van der Waals surface area contributed by atoms with E-state index in [1.54, 1.807) is 0 Å². The van der Waals surface area contributed by atoms with Gasteiger partial charge in [0, 0.05) is 0 Å². The van der Waals surface area contributed by atoms with Crippen molar-refractivity contribution in [2.24, 2.45) is 0 Å². The average molecular weight is 641 g/mol. The van der Waals surface area contributed by atoms with Crippen LogP contribution in [0.4, 0.5) is 0 Å². The number of rotatable bonds is 4. The third-order valence-electron chi connectivity index (χ3n) is 10.8. The van der Waals surface area contributed by atoms with Crippen LogP contribution in [0.5, 0.6) is 0 Å². The molecule has 0 fully saturated rings. The highest BCUT2D eigenvalue weighted by Gasteiger charge is 2.22. The van der Waals surface area contributed by atoms with Crippen LogP contribution in [0.3, 0.4) is 0 Å². The predicted molar refractivity (Wildman–Crippen MR) is 218 cm³/mol. The highest BCUT2D eigenvalue weighted by molar-refractivity contribution is 6.25. The first-order chi connectivity index (χ1) is 24.4. The molecule has 9 aromatic rings. The van der Waals surface area contributed by atoms with Crippen molar-refractivity contribution >= 4 is 53.9 Å². The molecule has 50 heavy (non-hydrogen) atoms. The van der Waals surface area contributed by atoms with Crippen molar-refractivity contribution in [2.45, 2.75) is 39.5 Å². The van der Waals surface area contributed by atoms with Crippen molar-refractivity contribution in [3.05, 3.63) is 169 Å². The van der Waals surface area contributed by atoms with E-state index in [9.17, 15) is 0 Å². The molecule has 0 heterocycles. The molecule has 0 saturated heterocycles. The van der Waals surface area contributed by atoms with E-state index >= 15 is 0 Å². The highest BCUT2D eigenvalue weighted by atomic mass is 14.3. The van der Waals surface area contributed by atoms with Gasteiger partial charge < -0.3 is 0 Å². The van der Waals surface area contributed by atoms with Gasteiger partial charge in [0.25, 0.3) is 0 Å². The molecule has 0 amide bonds. The maximum absolute atomic E-state index is 2.43. The molecule has 0 unspecified atom stereocenters. The van der Waals surface area contributed by atoms with Gasteiger partial charge in [-0.05, 0) is 122 Å². The first-order valence-electron chi connectivity index (χ1n) is 17.9. The molecular formula is C50H40. The van der Waals surface area contributed by atoms with Gasteiger partial charge >= 0.3 is 0 Å². The van der Waals surface area contributed by atoms with Crippen molar-refractivity contribution in [1.82, 2.24) is 0 Å². The Morgan fingerprint density at radius 3 is 1.60 bits per heavy atom. The van der Waals surface area contributed by atoms with Gasteiger partial charge in [-0.15, -0.1) is 0 Å². The summed E-state index contributed by atoms with van der Waals surface area (Å²) in [6.07, 6.45) is 1.00. The summed E-state index contributed by atoms with van der Waals surface area (Å²) in [5.41, 5.74) is 10.4. The Balaban J connectivity index is 1.37. The highest BCUT2D eigenvalue weighted by Crippen LogP contribution is 2.47. The van der Waals surface area contributed by atoms with Crippen LogP contribution in [0.25, 0.3) is 87.2 Å². The second kappa shape index (κ2) is 11.7. The zero-order chi connectivity index (χ0) is 34.0. The molecule has 9 aromatic carbocycles. The van der Waals surface area contributed by atoms with Crippen LogP contribution in [-0.4, -0.2) is 0 Å². The van der Waals surface area contributed by atoms with E-state index in [1.165, 1.54) is 98.4 Å². The average Bonchev–Trinajstić information content (AvgIpc) is 3.15. The minimum atomic E-state index is -0.000215. The molecule has 0 radical (unpaired) electrons. The standard InChI is InChI=1S/C50H40/c1-5-37-38-19-10-9-18-33(38)31-47-39-24-15-25-42(41(39)27-26-40(37)47)49-45-22-13-11-20-43(45)48(44-21-12-14-23-46(44)49)35-28-34(32-16-7-6-8-17-32)29-36(30-35)50(2,3)4/h6-31H,5H2,1-4H3. The molecule has 240 valence electrons. The summed E-state index contributed by atoms with van der Waals surface area (Å²) in [6.45, 7) is 9.23. The van der Waals surface area contributed by atoms with Crippen molar-refractivity contribution in [3.8, 4) is 33.4 Å². The molecule has 0 saturated carbocycles. The first-order valence-corrected chi connectivity index (χ1v) is 17.9. The fourth-order valence-corrected chi connectivity index (χ4v) is 8.33. The van der Waals surface area contributed by atoms with Crippen molar-refractivity contribution < 1.29 is 0 Å². The number of fused-ring (bicyclic) bond motifs is 6. The molecule has 0 nitrogen and oxygen atoms in total. The zero-order valence-electron chi connectivity index (χ0n) is 29.2. The second-order valence-electron chi connectivity index (χ2n) is 14.7. The zero-order valence-corrected chi connectivity index (χ0v) is 29.2. The normalized spacial score (nSPS) is 12.1. The molecule has 0 N–H and O–H groups in total. The first kappa shape index (κ1) is 30.3. The third-order valence-corrected chi connectivity index (χ3v) is 10.8. The molecule has 0 bridgehead atoms. The Kier molecular flexibility index (Phi) is 7.11. The molecule has 0 aliphatic heterocycles. The predicted octanol–water partition coefficient (Wildman–Crippen LogP) is 14.3. The Hall–Kier alpha value is -5.72. The summed E-state index contributed by atoms with van der Waals surface area (Å²) in [7, 11) is 0. The minimum absolute atomic E-state index is 0.000215. The van der Waals surface area contributed by atoms with Gasteiger partial charge in [0.1, 0.15) is 0 Å². The topological polar surface area (TPSA) is 0 Å². The van der Waals surface area contributed by atoms with Gasteiger partial charge in [-0.2, -0.15) is 0 Å². The van der Waals surface area contributed by atoms with Gasteiger partial charge in [0.2, 0.25) is 0 Å². The third kappa shape index (κ3) is 4.82. The number of aryl methyl sites for hydroxylation is 1. The van der Waals surface area contributed by atoms with Gasteiger partial charge in [-0.3, -0.25) is 0 Å². The van der Waals surface area contributed by atoms with E-state index < -0.39 is 0 Å². The Labute approximate surface area is 294 Å². The number of hydrogen-bond acceptors (Lipinski definition) is 0. The molecule has 0 spiro atoms. The van der Waals surface area contributed by atoms with Gasteiger partial charge in [-0.25, -0.2) is 0 Å². The minimum Gasteiger partial charge on any atom is -0.0622 e. The lowest BCUT2D eigenvalue weighted by Gasteiger charge is -2.24. The second-order valence-corrected chi connectivity index (χ2v) is 14.7. The van der Waals surface area contributed by atoms with Crippen LogP contribution in [0.2, 0.25) is 0 Å². The van der Waals surface area contributed by atoms with Crippen molar-refractivity contribution in [2.75, 3.05) is 0 Å². The fourth-order valence-electron chi connectivity index (χ4n) is 8.33. The number of hydrogen-bond donors (Lipinski definition) is 0. The van der Waals surface area contributed by atoms with Crippen LogP contribution in [0.15, 0.2) is 158 Å². The molecular weight excluding hydrogens is 601 g/mol. The van der Waals surface area contributed by atoms with Crippen LogP contribution < -0.4 is 0 Å². The maximum atomic E-state index is 2.43. The van der Waals surface area contributed by atoms with Crippen molar-refractivity contribution in [1.29, 1.82) is 0 Å². The van der Waals surface area contributed by atoms with E-state index in [0.29, 0.717) is 0 Å². The van der Waals surface area contributed by atoms with Gasteiger partial charge in [0.05, 0.1) is 0 Å². The lowest BCUT2D eigenvalue weighted by Crippen LogP contribution is -2.11. The Bertz CT molecular complexity index is 2700. The quantitative estimate of drug-likeness (QED) is 0.133. The van der Waals surface area contributed by atoms with Crippen LogP contribution >= 0.6 is 0 Å². The van der Waals surface area contributed by atoms with E-state index in [2.05, 4.69) is 185 Å². The Morgan fingerprint density at radius 2 is 0.940 bits per heavy atom. The van der Waals surface area contributed by atoms with E-state index in [4.69, 9.17) is 0 Å². The summed E-state index contributed by atoms with van der Waals surface area (Å²) in [4.78, 5) is 0. The summed E-state index contributed by atoms with van der Waals surface area (Å²) < 4.78 is 0. The van der Waals surface area contributed by atoms with Crippen LogP contribution in [0, 0.1) is 0 Å². The summed E-state index contributed by atoms with van der Waals surface area (Å²) in [5, 5.41) is 13.1. The monoisotopic (exact) mass is 640 g/mol. The summed E-state index contributed by atoms with van der Waals surface area (Å²) in [5.74, 6) is 0. The molecule has 9 rings (SSSR count). The molecule has 0 atom stereocenters. The van der Waals surface area contributed by atoms with E-state index in [-0.39, 0.29) is 5.41 Å². The maximum Gasteiger partial charge on any atom is -0.00201 e. The van der Waals surface area contributed by atoms with E-state index in [1.807, 2.05) is 0 Å². The van der Waals surface area contributed by atoms with Gasteiger partial charge in [0.15, 0.2) is 0 Å².